The highest BCUT2D eigenvalue weighted by atomic mass is 16.2. The molecular weight excluding hydrogens is 238 g/mol. The molecule has 1 amide bonds. The van der Waals surface area contributed by atoms with Gasteiger partial charge in [0.2, 0.25) is 5.91 Å². The molecule has 19 heavy (non-hydrogen) atoms. The van der Waals surface area contributed by atoms with Gasteiger partial charge in [-0.25, -0.2) is 0 Å². The first-order chi connectivity index (χ1) is 8.86. The van der Waals surface area contributed by atoms with Crippen molar-refractivity contribution in [2.45, 2.75) is 39.3 Å². The highest BCUT2D eigenvalue weighted by Gasteiger charge is 2.40. The van der Waals surface area contributed by atoms with Gasteiger partial charge < -0.3 is 16.0 Å². The lowest BCUT2D eigenvalue weighted by Crippen LogP contribution is -2.67. The Balaban J connectivity index is 2.47. The fourth-order valence-electron chi connectivity index (χ4n) is 2.66. The first kappa shape index (κ1) is 13.9. The molecule has 1 unspecified atom stereocenters. The van der Waals surface area contributed by atoms with Crippen molar-refractivity contribution in [3.8, 4) is 0 Å². The minimum atomic E-state index is -0.300. The van der Waals surface area contributed by atoms with Gasteiger partial charge in [0.1, 0.15) is 6.04 Å². The molecule has 1 heterocycles. The quantitative estimate of drug-likeness (QED) is 0.845. The zero-order chi connectivity index (χ0) is 14.2. The predicted octanol–water partition coefficient (Wildman–Crippen LogP) is 1.35. The zero-order valence-electron chi connectivity index (χ0n) is 12.2. The van der Waals surface area contributed by atoms with E-state index in [1.165, 1.54) is 11.1 Å². The molecule has 0 spiro atoms. The number of benzene rings is 1. The number of carbonyl (C=O) groups is 1. The molecule has 1 aliphatic heterocycles. The Morgan fingerprint density at radius 3 is 2.63 bits per heavy atom. The van der Waals surface area contributed by atoms with Crippen molar-refractivity contribution < 1.29 is 4.79 Å². The van der Waals surface area contributed by atoms with Crippen LogP contribution in [0.15, 0.2) is 18.2 Å². The van der Waals surface area contributed by atoms with Gasteiger partial charge in [-0.15, -0.1) is 0 Å². The fraction of sp³-hybridized carbons (Fsp3) is 0.533. The Kier molecular flexibility index (Phi) is 3.54. The van der Waals surface area contributed by atoms with E-state index in [0.717, 1.165) is 5.69 Å². The second kappa shape index (κ2) is 4.85. The largest absolute Gasteiger partial charge is 0.352 e. The third-order valence-electron chi connectivity index (χ3n) is 3.95. The SMILES string of the molecule is Cc1ccc(N2C(CN)C(=O)NCC2(C)C)cc1C. The third kappa shape index (κ3) is 2.45. The fourth-order valence-corrected chi connectivity index (χ4v) is 2.66. The zero-order valence-corrected chi connectivity index (χ0v) is 12.2. The molecule has 1 saturated heterocycles. The van der Waals surface area contributed by atoms with Crippen LogP contribution >= 0.6 is 0 Å². The number of nitrogens with zero attached hydrogens (tertiary/aromatic N) is 1. The van der Waals surface area contributed by atoms with E-state index in [2.05, 4.69) is 56.1 Å². The maximum Gasteiger partial charge on any atom is 0.244 e. The Hall–Kier alpha value is -1.55. The van der Waals surface area contributed by atoms with Gasteiger partial charge >= 0.3 is 0 Å². The van der Waals surface area contributed by atoms with Crippen LogP contribution in [-0.2, 0) is 4.79 Å². The lowest BCUT2D eigenvalue weighted by Gasteiger charge is -2.48. The number of amides is 1. The number of nitrogens with one attached hydrogen (secondary N) is 1. The van der Waals surface area contributed by atoms with Gasteiger partial charge in [0, 0.05) is 18.8 Å². The Morgan fingerprint density at radius 2 is 2.05 bits per heavy atom. The predicted molar refractivity (Wildman–Crippen MR) is 78.3 cm³/mol. The first-order valence-electron chi connectivity index (χ1n) is 6.71. The summed E-state index contributed by atoms with van der Waals surface area (Å²) in [6.07, 6.45) is 0. The maximum absolute atomic E-state index is 12.0. The van der Waals surface area contributed by atoms with Crippen LogP contribution in [0.25, 0.3) is 0 Å². The molecule has 1 fully saturated rings. The number of rotatable bonds is 2. The summed E-state index contributed by atoms with van der Waals surface area (Å²) in [6, 6.07) is 6.01. The van der Waals surface area contributed by atoms with Crippen LogP contribution in [0.3, 0.4) is 0 Å². The lowest BCUT2D eigenvalue weighted by molar-refractivity contribution is -0.124. The third-order valence-corrected chi connectivity index (χ3v) is 3.95. The summed E-state index contributed by atoms with van der Waals surface area (Å²) in [6.45, 7) is 9.40. The molecule has 1 atom stereocenters. The van der Waals surface area contributed by atoms with Gasteiger partial charge in [0.15, 0.2) is 0 Å². The van der Waals surface area contributed by atoms with Crippen molar-refractivity contribution in [1.29, 1.82) is 0 Å². The van der Waals surface area contributed by atoms with Crippen molar-refractivity contribution >= 4 is 11.6 Å². The van der Waals surface area contributed by atoms with Crippen molar-refractivity contribution in [3.63, 3.8) is 0 Å². The minimum absolute atomic E-state index is 0.0139. The number of piperazine rings is 1. The number of aryl methyl sites for hydroxylation is 2. The van der Waals surface area contributed by atoms with E-state index in [1.54, 1.807) is 0 Å². The summed E-state index contributed by atoms with van der Waals surface area (Å²) >= 11 is 0. The van der Waals surface area contributed by atoms with Crippen LogP contribution < -0.4 is 16.0 Å². The van der Waals surface area contributed by atoms with Gasteiger partial charge in [-0.1, -0.05) is 6.07 Å². The molecule has 0 saturated carbocycles. The van der Waals surface area contributed by atoms with E-state index in [9.17, 15) is 4.79 Å². The Bertz CT molecular complexity index is 496. The van der Waals surface area contributed by atoms with E-state index in [0.29, 0.717) is 13.1 Å². The molecule has 1 aromatic rings. The number of hydrogen-bond acceptors (Lipinski definition) is 3. The molecule has 0 radical (unpaired) electrons. The molecule has 3 N–H and O–H groups in total. The topological polar surface area (TPSA) is 58.4 Å². The monoisotopic (exact) mass is 261 g/mol. The molecule has 0 aromatic heterocycles. The smallest absolute Gasteiger partial charge is 0.244 e. The molecule has 0 bridgehead atoms. The van der Waals surface area contributed by atoms with Gasteiger partial charge in [-0.2, -0.15) is 0 Å². The van der Waals surface area contributed by atoms with Gasteiger partial charge in [-0.3, -0.25) is 4.79 Å². The maximum atomic E-state index is 12.0. The lowest BCUT2D eigenvalue weighted by atomic mass is 9.94. The van der Waals surface area contributed by atoms with Crippen LogP contribution in [0.5, 0.6) is 0 Å². The second-order valence-electron chi connectivity index (χ2n) is 5.92. The Labute approximate surface area is 115 Å². The second-order valence-corrected chi connectivity index (χ2v) is 5.92. The van der Waals surface area contributed by atoms with E-state index in [1.807, 2.05) is 0 Å². The summed E-state index contributed by atoms with van der Waals surface area (Å²) in [5, 5.41) is 2.94. The molecule has 1 aromatic carbocycles. The van der Waals surface area contributed by atoms with Crippen molar-refractivity contribution in [3.05, 3.63) is 29.3 Å². The van der Waals surface area contributed by atoms with E-state index in [-0.39, 0.29) is 17.5 Å². The molecule has 4 heteroatoms. The summed E-state index contributed by atoms with van der Waals surface area (Å²) in [7, 11) is 0. The molecule has 2 rings (SSSR count). The first-order valence-corrected chi connectivity index (χ1v) is 6.71. The van der Waals surface area contributed by atoms with Crippen molar-refractivity contribution in [1.82, 2.24) is 5.32 Å². The van der Waals surface area contributed by atoms with Crippen LogP contribution in [0.4, 0.5) is 5.69 Å². The van der Waals surface area contributed by atoms with Crippen LogP contribution in [0.2, 0.25) is 0 Å². The number of anilines is 1. The number of nitrogens with two attached hydrogens (primary N) is 1. The average Bonchev–Trinajstić information content (AvgIpc) is 2.35. The summed E-state index contributed by atoms with van der Waals surface area (Å²) in [5.41, 5.74) is 9.22. The molecule has 1 aliphatic rings. The van der Waals surface area contributed by atoms with E-state index >= 15 is 0 Å². The highest BCUT2D eigenvalue weighted by Crippen LogP contribution is 2.30. The van der Waals surface area contributed by atoms with Crippen LogP contribution in [-0.4, -0.2) is 30.6 Å². The summed E-state index contributed by atoms with van der Waals surface area (Å²) < 4.78 is 0. The standard InChI is InChI=1S/C15H23N3O/c1-10-5-6-12(7-11(10)2)18-13(8-16)14(19)17-9-15(18,3)4/h5-7,13H,8-9,16H2,1-4H3,(H,17,19). The average molecular weight is 261 g/mol. The summed E-state index contributed by atoms with van der Waals surface area (Å²) in [5.74, 6) is 0.0139. The van der Waals surface area contributed by atoms with Crippen molar-refractivity contribution in [2.75, 3.05) is 18.0 Å². The van der Waals surface area contributed by atoms with E-state index in [4.69, 9.17) is 5.73 Å². The van der Waals surface area contributed by atoms with Gasteiger partial charge in [0.25, 0.3) is 0 Å². The number of carbonyl (C=O) groups excluding carboxylic acids is 1. The molecule has 4 nitrogen and oxygen atoms in total. The van der Waals surface area contributed by atoms with Gasteiger partial charge in [0.05, 0.1) is 5.54 Å². The number of hydrogen-bond donors (Lipinski definition) is 2. The minimum Gasteiger partial charge on any atom is -0.352 e. The van der Waals surface area contributed by atoms with E-state index < -0.39 is 0 Å². The van der Waals surface area contributed by atoms with Gasteiger partial charge in [-0.05, 0) is 51.0 Å². The molecule has 104 valence electrons. The normalized spacial score (nSPS) is 22.3. The highest BCUT2D eigenvalue weighted by molar-refractivity contribution is 5.87. The molecule has 0 aliphatic carbocycles. The van der Waals surface area contributed by atoms with Crippen molar-refractivity contribution in [2.24, 2.45) is 5.73 Å². The van der Waals surface area contributed by atoms with Crippen LogP contribution in [0.1, 0.15) is 25.0 Å². The summed E-state index contributed by atoms with van der Waals surface area (Å²) in [4.78, 5) is 14.2. The Morgan fingerprint density at radius 1 is 1.37 bits per heavy atom. The van der Waals surface area contributed by atoms with Crippen LogP contribution in [0, 0.1) is 13.8 Å². The molecular formula is C15H23N3O.